The van der Waals surface area contributed by atoms with Crippen molar-refractivity contribution in [3.63, 3.8) is 0 Å². The van der Waals surface area contributed by atoms with Crippen molar-refractivity contribution in [3.05, 3.63) is 32.4 Å². The van der Waals surface area contributed by atoms with Gasteiger partial charge in [-0.15, -0.1) is 0 Å². The van der Waals surface area contributed by atoms with Crippen molar-refractivity contribution in [2.24, 2.45) is 0 Å². The van der Waals surface area contributed by atoms with E-state index in [2.05, 4.69) is 15.3 Å². The SMILES string of the molecule is Cc1nc2cn[nH]n2c(=O)c1[N+](=O)[O-]. The lowest BCUT2D eigenvalue weighted by molar-refractivity contribution is -0.387. The third-order valence-electron chi connectivity index (χ3n) is 1.78. The van der Waals surface area contributed by atoms with E-state index in [9.17, 15) is 14.9 Å². The van der Waals surface area contributed by atoms with Crippen molar-refractivity contribution in [1.29, 1.82) is 0 Å². The number of rotatable bonds is 1. The number of H-pyrrole nitrogens is 1. The molecule has 14 heavy (non-hydrogen) atoms. The number of hydrogen-bond acceptors (Lipinski definition) is 5. The first-order valence-corrected chi connectivity index (χ1v) is 3.68. The lowest BCUT2D eigenvalue weighted by Crippen LogP contribution is -2.20. The van der Waals surface area contributed by atoms with Gasteiger partial charge >= 0.3 is 11.2 Å². The molecule has 8 heteroatoms. The summed E-state index contributed by atoms with van der Waals surface area (Å²) >= 11 is 0. The van der Waals surface area contributed by atoms with Gasteiger partial charge in [0.25, 0.3) is 0 Å². The van der Waals surface area contributed by atoms with E-state index in [1.807, 2.05) is 0 Å². The van der Waals surface area contributed by atoms with Gasteiger partial charge in [0, 0.05) is 0 Å². The number of fused-ring (bicyclic) bond motifs is 1. The van der Waals surface area contributed by atoms with E-state index in [1.54, 1.807) is 0 Å². The minimum Gasteiger partial charge on any atom is -0.259 e. The van der Waals surface area contributed by atoms with Crippen LogP contribution in [0.3, 0.4) is 0 Å². The van der Waals surface area contributed by atoms with Gasteiger partial charge in [0.2, 0.25) is 0 Å². The Hall–Kier alpha value is -2.25. The van der Waals surface area contributed by atoms with Crippen molar-refractivity contribution in [3.8, 4) is 0 Å². The number of aromatic nitrogens is 4. The summed E-state index contributed by atoms with van der Waals surface area (Å²) in [5.41, 5.74) is -0.943. The molecule has 0 atom stereocenters. The van der Waals surface area contributed by atoms with Crippen LogP contribution in [-0.4, -0.2) is 24.7 Å². The summed E-state index contributed by atoms with van der Waals surface area (Å²) in [6, 6.07) is 0. The van der Waals surface area contributed by atoms with Crippen LogP contribution >= 0.6 is 0 Å². The van der Waals surface area contributed by atoms with Gasteiger partial charge in [0.15, 0.2) is 5.65 Å². The molecule has 0 unspecified atom stereocenters. The highest BCUT2D eigenvalue weighted by Gasteiger charge is 2.20. The fraction of sp³-hybridized carbons (Fsp3) is 0.167. The number of nitro groups is 1. The average Bonchev–Trinajstić information content (AvgIpc) is 2.50. The Bertz CT molecular complexity index is 568. The molecule has 0 saturated heterocycles. The summed E-state index contributed by atoms with van der Waals surface area (Å²) in [5.74, 6) is 0. The highest BCUT2D eigenvalue weighted by Crippen LogP contribution is 2.09. The van der Waals surface area contributed by atoms with Gasteiger partial charge in [0.05, 0.1) is 11.1 Å². The lowest BCUT2D eigenvalue weighted by Gasteiger charge is -1.95. The highest BCUT2D eigenvalue weighted by atomic mass is 16.6. The molecule has 0 amide bonds. The van der Waals surface area contributed by atoms with Gasteiger partial charge in [-0.25, -0.2) is 10.2 Å². The monoisotopic (exact) mass is 195 g/mol. The van der Waals surface area contributed by atoms with Crippen molar-refractivity contribution in [1.82, 2.24) is 19.8 Å². The Morgan fingerprint density at radius 1 is 1.64 bits per heavy atom. The van der Waals surface area contributed by atoms with Gasteiger partial charge in [-0.3, -0.25) is 14.9 Å². The van der Waals surface area contributed by atoms with Crippen LogP contribution in [0.25, 0.3) is 5.65 Å². The van der Waals surface area contributed by atoms with E-state index in [4.69, 9.17) is 0 Å². The molecule has 0 aliphatic carbocycles. The Morgan fingerprint density at radius 2 is 2.36 bits per heavy atom. The van der Waals surface area contributed by atoms with E-state index in [0.29, 0.717) is 0 Å². The summed E-state index contributed by atoms with van der Waals surface area (Å²) in [5, 5.41) is 16.4. The van der Waals surface area contributed by atoms with Crippen LogP contribution in [0.15, 0.2) is 11.0 Å². The Labute approximate surface area is 76.3 Å². The molecule has 0 bridgehead atoms. The van der Waals surface area contributed by atoms with Gasteiger partial charge < -0.3 is 0 Å². The average molecular weight is 195 g/mol. The topological polar surface area (TPSA) is 106 Å². The van der Waals surface area contributed by atoms with Crippen LogP contribution in [0.5, 0.6) is 0 Å². The van der Waals surface area contributed by atoms with Crippen molar-refractivity contribution < 1.29 is 4.92 Å². The summed E-state index contributed by atoms with van der Waals surface area (Å²) in [6.07, 6.45) is 1.32. The molecule has 0 aromatic carbocycles. The Morgan fingerprint density at radius 3 is 3.00 bits per heavy atom. The van der Waals surface area contributed by atoms with Crippen LogP contribution < -0.4 is 5.56 Å². The molecule has 72 valence electrons. The molecule has 2 heterocycles. The molecule has 2 rings (SSSR count). The van der Waals surface area contributed by atoms with Gasteiger partial charge in [0.1, 0.15) is 5.69 Å². The zero-order valence-electron chi connectivity index (χ0n) is 7.09. The van der Waals surface area contributed by atoms with E-state index in [1.165, 1.54) is 13.1 Å². The summed E-state index contributed by atoms with van der Waals surface area (Å²) in [7, 11) is 0. The maximum atomic E-state index is 11.5. The third-order valence-corrected chi connectivity index (χ3v) is 1.78. The molecule has 0 fully saturated rings. The fourth-order valence-corrected chi connectivity index (χ4v) is 1.18. The molecule has 0 spiro atoms. The Kier molecular flexibility index (Phi) is 1.56. The second-order valence-electron chi connectivity index (χ2n) is 2.66. The van der Waals surface area contributed by atoms with Crippen molar-refractivity contribution in [2.45, 2.75) is 6.92 Å². The van der Waals surface area contributed by atoms with E-state index < -0.39 is 16.2 Å². The predicted octanol–water partition coefficient (Wildman–Crippen LogP) is -0.366. The minimum absolute atomic E-state index is 0.0846. The molecular formula is C6H5N5O3. The van der Waals surface area contributed by atoms with E-state index in [0.717, 1.165) is 4.52 Å². The highest BCUT2D eigenvalue weighted by molar-refractivity contribution is 5.42. The first kappa shape index (κ1) is 8.35. The maximum Gasteiger partial charge on any atom is 0.356 e. The first-order valence-electron chi connectivity index (χ1n) is 3.68. The molecule has 8 nitrogen and oxygen atoms in total. The summed E-state index contributed by atoms with van der Waals surface area (Å²) < 4.78 is 0.922. The quantitative estimate of drug-likeness (QED) is 0.493. The first-order chi connectivity index (χ1) is 6.61. The van der Waals surface area contributed by atoms with E-state index in [-0.39, 0.29) is 11.3 Å². The lowest BCUT2D eigenvalue weighted by atomic mass is 10.4. The number of aryl methyl sites for hydroxylation is 1. The van der Waals surface area contributed by atoms with Gasteiger partial charge in [-0.1, -0.05) is 0 Å². The summed E-state index contributed by atoms with van der Waals surface area (Å²) in [4.78, 5) is 25.1. The predicted molar refractivity (Wildman–Crippen MR) is 45.0 cm³/mol. The van der Waals surface area contributed by atoms with Crippen molar-refractivity contribution in [2.75, 3.05) is 0 Å². The Balaban J connectivity index is 2.97. The zero-order chi connectivity index (χ0) is 10.3. The third kappa shape index (κ3) is 0.969. The van der Waals surface area contributed by atoms with E-state index >= 15 is 0 Å². The fourth-order valence-electron chi connectivity index (χ4n) is 1.18. The van der Waals surface area contributed by atoms with Crippen LogP contribution in [-0.2, 0) is 0 Å². The molecule has 0 saturated carbocycles. The molecule has 0 radical (unpaired) electrons. The van der Waals surface area contributed by atoms with Crippen LogP contribution in [0.2, 0.25) is 0 Å². The van der Waals surface area contributed by atoms with Gasteiger partial charge in [-0.2, -0.15) is 9.61 Å². The standard InChI is InChI=1S/C6H5N5O3/c1-3-5(11(13)14)6(12)10-4(8-3)2-7-9-10/h2,9H,1H3. The smallest absolute Gasteiger partial charge is 0.259 e. The molecule has 2 aromatic heterocycles. The second-order valence-corrected chi connectivity index (χ2v) is 2.66. The van der Waals surface area contributed by atoms with Crippen LogP contribution in [0.1, 0.15) is 5.69 Å². The van der Waals surface area contributed by atoms with Crippen molar-refractivity contribution >= 4 is 11.3 Å². The number of nitrogens with one attached hydrogen (secondary N) is 1. The van der Waals surface area contributed by atoms with Gasteiger partial charge in [-0.05, 0) is 6.92 Å². The molecule has 0 aliphatic rings. The molecule has 1 N–H and O–H groups in total. The number of nitrogens with zero attached hydrogens (tertiary/aromatic N) is 4. The zero-order valence-corrected chi connectivity index (χ0v) is 7.09. The van der Waals surface area contributed by atoms with Crippen LogP contribution in [0, 0.1) is 17.0 Å². The number of aromatic amines is 1. The molecule has 0 aliphatic heterocycles. The minimum atomic E-state index is -0.755. The largest absolute Gasteiger partial charge is 0.356 e. The normalized spacial score (nSPS) is 10.6. The molecule has 2 aromatic rings. The van der Waals surface area contributed by atoms with Crippen LogP contribution in [0.4, 0.5) is 5.69 Å². The summed E-state index contributed by atoms with van der Waals surface area (Å²) in [6.45, 7) is 1.41. The number of hydrogen-bond donors (Lipinski definition) is 1. The molecular weight excluding hydrogens is 190 g/mol. The maximum absolute atomic E-state index is 11.5. The second kappa shape index (κ2) is 2.62.